The van der Waals surface area contributed by atoms with Crippen LogP contribution in [0, 0.1) is 5.82 Å². The normalized spacial score (nSPS) is 10.5. The fourth-order valence-electron chi connectivity index (χ4n) is 1.75. The van der Waals surface area contributed by atoms with Gasteiger partial charge in [-0.15, -0.1) is 0 Å². The Balaban J connectivity index is 2.03. The summed E-state index contributed by atoms with van der Waals surface area (Å²) in [6.45, 7) is 0.923. The van der Waals surface area contributed by atoms with Crippen LogP contribution in [0.2, 0.25) is 0 Å². The van der Waals surface area contributed by atoms with E-state index >= 15 is 0 Å². The van der Waals surface area contributed by atoms with Gasteiger partial charge in [0.1, 0.15) is 5.82 Å². The van der Waals surface area contributed by atoms with Crippen LogP contribution >= 0.6 is 0 Å². The molecule has 0 saturated carbocycles. The average molecular weight is 278 g/mol. The number of benzene rings is 1. The lowest BCUT2D eigenvalue weighted by Gasteiger charge is -2.06. The van der Waals surface area contributed by atoms with Crippen LogP contribution in [-0.4, -0.2) is 27.4 Å². The fourth-order valence-corrected chi connectivity index (χ4v) is 1.75. The third-order valence-corrected chi connectivity index (χ3v) is 2.74. The number of nitrogens with zero attached hydrogens (tertiary/aromatic N) is 2. The van der Waals surface area contributed by atoms with E-state index in [1.807, 2.05) is 0 Å². The summed E-state index contributed by atoms with van der Waals surface area (Å²) in [7, 11) is 0. The number of hydrogen-bond donors (Lipinski definition) is 3. The lowest BCUT2D eigenvalue weighted by molar-refractivity contribution is 0.0996. The number of primary amides is 1. The van der Waals surface area contributed by atoms with E-state index in [0.29, 0.717) is 18.8 Å². The Morgan fingerprint density at radius 3 is 3.00 bits per heavy atom. The summed E-state index contributed by atoms with van der Waals surface area (Å²) >= 11 is 0. The van der Waals surface area contributed by atoms with Gasteiger partial charge in [-0.2, -0.15) is 5.10 Å². The number of rotatable bonds is 6. The van der Waals surface area contributed by atoms with Crippen molar-refractivity contribution in [1.82, 2.24) is 9.78 Å². The average Bonchev–Trinajstić information content (AvgIpc) is 2.86. The molecule has 1 aromatic carbocycles. The van der Waals surface area contributed by atoms with Gasteiger partial charge in [0.2, 0.25) is 0 Å². The molecule has 0 aliphatic carbocycles. The van der Waals surface area contributed by atoms with E-state index in [-0.39, 0.29) is 12.2 Å². The molecule has 0 saturated heterocycles. The van der Waals surface area contributed by atoms with Crippen LogP contribution in [0.1, 0.15) is 15.9 Å². The molecule has 1 aromatic heterocycles. The third-order valence-electron chi connectivity index (χ3n) is 2.74. The molecule has 1 amide bonds. The first-order valence-corrected chi connectivity index (χ1v) is 6.05. The molecule has 0 aliphatic rings. The molecule has 4 N–H and O–H groups in total. The van der Waals surface area contributed by atoms with Gasteiger partial charge in [-0.3, -0.25) is 9.48 Å². The zero-order valence-corrected chi connectivity index (χ0v) is 10.7. The molecule has 1 heterocycles. The Morgan fingerprint density at radius 2 is 2.30 bits per heavy atom. The predicted octanol–water partition coefficient (Wildman–Crippen LogP) is 0.725. The molecule has 106 valence electrons. The SMILES string of the molecule is NC(=O)c1cc(NCc2cnn(CCO)c2)ccc1F. The van der Waals surface area contributed by atoms with Gasteiger partial charge >= 0.3 is 0 Å². The summed E-state index contributed by atoms with van der Waals surface area (Å²) in [6, 6.07) is 4.09. The van der Waals surface area contributed by atoms with Crippen molar-refractivity contribution in [2.45, 2.75) is 13.1 Å². The van der Waals surface area contributed by atoms with Crippen molar-refractivity contribution in [3.05, 3.63) is 47.5 Å². The lowest BCUT2D eigenvalue weighted by Crippen LogP contribution is -2.13. The number of aliphatic hydroxyl groups excluding tert-OH is 1. The highest BCUT2D eigenvalue weighted by molar-refractivity contribution is 5.94. The number of nitrogens with two attached hydrogens (primary N) is 1. The minimum Gasteiger partial charge on any atom is -0.394 e. The Kier molecular flexibility index (Phi) is 4.31. The van der Waals surface area contributed by atoms with Crippen molar-refractivity contribution in [2.24, 2.45) is 5.73 Å². The maximum Gasteiger partial charge on any atom is 0.251 e. The van der Waals surface area contributed by atoms with Gasteiger partial charge in [0.05, 0.1) is 24.9 Å². The van der Waals surface area contributed by atoms with E-state index in [9.17, 15) is 9.18 Å². The van der Waals surface area contributed by atoms with Crippen LogP contribution < -0.4 is 11.1 Å². The number of carbonyl (C=O) groups excluding carboxylic acids is 1. The Morgan fingerprint density at radius 1 is 1.50 bits per heavy atom. The van der Waals surface area contributed by atoms with Gasteiger partial charge in [-0.1, -0.05) is 0 Å². The number of hydrogen-bond acceptors (Lipinski definition) is 4. The van der Waals surface area contributed by atoms with Crippen LogP contribution in [0.25, 0.3) is 0 Å². The topological polar surface area (TPSA) is 93.2 Å². The molecule has 0 fully saturated rings. The third kappa shape index (κ3) is 3.33. The van der Waals surface area contributed by atoms with Crippen LogP contribution in [-0.2, 0) is 13.1 Å². The molecule has 20 heavy (non-hydrogen) atoms. The maximum absolute atomic E-state index is 13.3. The van der Waals surface area contributed by atoms with Crippen LogP contribution in [0.15, 0.2) is 30.6 Å². The van der Waals surface area contributed by atoms with E-state index in [1.54, 1.807) is 17.1 Å². The number of aromatic nitrogens is 2. The summed E-state index contributed by atoms with van der Waals surface area (Å²) < 4.78 is 14.9. The fraction of sp³-hybridized carbons (Fsp3) is 0.231. The van der Waals surface area contributed by atoms with Gasteiger partial charge in [0, 0.05) is 24.0 Å². The molecule has 0 unspecified atom stereocenters. The summed E-state index contributed by atoms with van der Waals surface area (Å²) in [5.74, 6) is -1.44. The largest absolute Gasteiger partial charge is 0.394 e. The molecular weight excluding hydrogens is 263 g/mol. The van der Waals surface area contributed by atoms with E-state index in [1.165, 1.54) is 18.2 Å². The van der Waals surface area contributed by atoms with Crippen molar-refractivity contribution in [2.75, 3.05) is 11.9 Å². The predicted molar refractivity (Wildman–Crippen MR) is 71.6 cm³/mol. The minimum absolute atomic E-state index is 0.0223. The van der Waals surface area contributed by atoms with E-state index in [0.717, 1.165) is 5.56 Å². The summed E-state index contributed by atoms with van der Waals surface area (Å²) in [5, 5.41) is 15.9. The molecular formula is C13H15FN4O2. The molecule has 2 rings (SSSR count). The molecule has 0 aliphatic heterocycles. The van der Waals surface area contributed by atoms with Gasteiger partial charge in [-0.25, -0.2) is 4.39 Å². The van der Waals surface area contributed by atoms with E-state index in [2.05, 4.69) is 10.4 Å². The van der Waals surface area contributed by atoms with Gasteiger partial charge < -0.3 is 16.2 Å². The van der Waals surface area contributed by atoms with Gasteiger partial charge in [-0.05, 0) is 18.2 Å². The first-order valence-electron chi connectivity index (χ1n) is 6.05. The molecule has 0 spiro atoms. The number of carbonyl (C=O) groups is 1. The standard InChI is InChI=1S/C13H15FN4O2/c14-12-2-1-10(5-11(12)13(15)20)16-6-9-7-17-18(8-9)3-4-19/h1-2,5,7-8,16,19H,3-4,6H2,(H2,15,20). The monoisotopic (exact) mass is 278 g/mol. The molecule has 2 aromatic rings. The minimum atomic E-state index is -0.804. The van der Waals surface area contributed by atoms with Crippen LogP contribution in [0.5, 0.6) is 0 Å². The molecule has 7 heteroatoms. The lowest BCUT2D eigenvalue weighted by atomic mass is 10.1. The summed E-state index contributed by atoms with van der Waals surface area (Å²) in [5.41, 5.74) is 6.44. The second-order valence-corrected chi connectivity index (χ2v) is 4.25. The first-order chi connectivity index (χ1) is 9.60. The second-order valence-electron chi connectivity index (χ2n) is 4.25. The second kappa shape index (κ2) is 6.16. The zero-order chi connectivity index (χ0) is 14.5. The van der Waals surface area contributed by atoms with Crippen LogP contribution in [0.4, 0.5) is 10.1 Å². The molecule has 0 atom stereocenters. The summed E-state index contributed by atoms with van der Waals surface area (Å²) in [6.07, 6.45) is 3.46. The van der Waals surface area contributed by atoms with Gasteiger partial charge in [0.15, 0.2) is 0 Å². The smallest absolute Gasteiger partial charge is 0.251 e. The Labute approximate surface area is 115 Å². The number of nitrogens with one attached hydrogen (secondary N) is 1. The van der Waals surface area contributed by atoms with Crippen molar-refractivity contribution < 1.29 is 14.3 Å². The quantitative estimate of drug-likeness (QED) is 0.726. The van der Waals surface area contributed by atoms with Gasteiger partial charge in [0.25, 0.3) is 5.91 Å². The Bertz CT molecular complexity index is 612. The van der Waals surface area contributed by atoms with E-state index < -0.39 is 11.7 Å². The zero-order valence-electron chi connectivity index (χ0n) is 10.7. The number of aliphatic hydroxyl groups is 1. The van der Waals surface area contributed by atoms with E-state index in [4.69, 9.17) is 10.8 Å². The first kappa shape index (κ1) is 14.0. The van der Waals surface area contributed by atoms with Crippen molar-refractivity contribution in [1.29, 1.82) is 0 Å². The van der Waals surface area contributed by atoms with Crippen molar-refractivity contribution >= 4 is 11.6 Å². The molecule has 0 bridgehead atoms. The van der Waals surface area contributed by atoms with Crippen LogP contribution in [0.3, 0.4) is 0 Å². The molecule has 6 nitrogen and oxygen atoms in total. The number of anilines is 1. The number of halogens is 1. The highest BCUT2D eigenvalue weighted by Crippen LogP contribution is 2.15. The molecule has 0 radical (unpaired) electrons. The Hall–Kier alpha value is -2.41. The highest BCUT2D eigenvalue weighted by atomic mass is 19.1. The van der Waals surface area contributed by atoms with Crippen molar-refractivity contribution in [3.63, 3.8) is 0 Å². The maximum atomic E-state index is 13.3. The van der Waals surface area contributed by atoms with Crippen molar-refractivity contribution in [3.8, 4) is 0 Å². The summed E-state index contributed by atoms with van der Waals surface area (Å²) in [4.78, 5) is 11.0. The number of amides is 1. The highest BCUT2D eigenvalue weighted by Gasteiger charge is 2.09.